The molecule has 3 heteroatoms. The lowest BCUT2D eigenvalue weighted by molar-refractivity contribution is 0.484. The average Bonchev–Trinajstić information content (AvgIpc) is 3.06. The summed E-state index contributed by atoms with van der Waals surface area (Å²) < 4.78 is 3.48. The number of benzene rings is 1. The lowest BCUT2D eigenvalue weighted by Gasteiger charge is -2.24. The molecule has 1 aromatic carbocycles. The molecule has 0 radical (unpaired) electrons. The Morgan fingerprint density at radius 1 is 1.16 bits per heavy atom. The minimum Gasteiger partial charge on any atom is -0.356 e. The Morgan fingerprint density at radius 3 is 2.84 bits per heavy atom. The van der Waals surface area contributed by atoms with Gasteiger partial charge in [-0.3, -0.25) is 0 Å². The van der Waals surface area contributed by atoms with E-state index in [0.717, 1.165) is 4.47 Å². The number of halogens is 1. The Hall–Kier alpha value is -1.48. The van der Waals surface area contributed by atoms with Gasteiger partial charge in [0.25, 0.3) is 0 Å². The van der Waals surface area contributed by atoms with Crippen molar-refractivity contribution in [3.8, 4) is 0 Å². The predicted molar refractivity (Wildman–Crippen MR) is 81.5 cm³/mol. The Labute approximate surface area is 120 Å². The molecular weight excluding hydrogens is 300 g/mol. The van der Waals surface area contributed by atoms with Crippen LogP contribution in [0.2, 0.25) is 0 Å². The molecule has 19 heavy (non-hydrogen) atoms. The van der Waals surface area contributed by atoms with E-state index in [9.17, 15) is 0 Å². The van der Waals surface area contributed by atoms with Gasteiger partial charge in [-0.25, -0.2) is 0 Å². The van der Waals surface area contributed by atoms with E-state index in [1.54, 1.807) is 0 Å². The summed E-state index contributed by atoms with van der Waals surface area (Å²) in [5.74, 6) is 0. The molecule has 96 valence electrons. The van der Waals surface area contributed by atoms with Crippen LogP contribution >= 0.6 is 15.9 Å². The molecule has 2 aromatic heterocycles. The van der Waals surface area contributed by atoms with Gasteiger partial charge >= 0.3 is 0 Å². The fourth-order valence-electron chi connectivity index (χ4n) is 3.28. The molecule has 1 unspecified atom stereocenters. The van der Waals surface area contributed by atoms with E-state index in [1.165, 1.54) is 41.4 Å². The maximum atomic E-state index is 3.65. The molecule has 0 bridgehead atoms. The van der Waals surface area contributed by atoms with Crippen LogP contribution in [-0.4, -0.2) is 9.55 Å². The molecule has 2 heterocycles. The third-order valence-corrected chi connectivity index (χ3v) is 4.81. The van der Waals surface area contributed by atoms with Gasteiger partial charge in [0.2, 0.25) is 0 Å². The summed E-state index contributed by atoms with van der Waals surface area (Å²) in [7, 11) is 0. The first-order valence-electron chi connectivity index (χ1n) is 6.76. The van der Waals surface area contributed by atoms with Gasteiger partial charge in [-0.1, -0.05) is 12.1 Å². The minimum absolute atomic E-state index is 0.457. The van der Waals surface area contributed by atoms with Crippen LogP contribution in [-0.2, 0) is 6.42 Å². The van der Waals surface area contributed by atoms with E-state index in [4.69, 9.17) is 0 Å². The third-order valence-electron chi connectivity index (χ3n) is 4.15. The molecule has 0 saturated carbocycles. The normalized spacial score (nSPS) is 18.7. The molecule has 0 amide bonds. The molecular formula is C16H15BrN2. The molecule has 0 fully saturated rings. The SMILES string of the molecule is Brc1cccc2c3c([nH]c12)C(n1cccc1)CCC3. The lowest BCUT2D eigenvalue weighted by atomic mass is 9.91. The molecule has 1 atom stereocenters. The summed E-state index contributed by atoms with van der Waals surface area (Å²) in [5, 5.41) is 1.38. The predicted octanol–water partition coefficient (Wildman–Crippen LogP) is 4.66. The quantitative estimate of drug-likeness (QED) is 0.674. The zero-order valence-corrected chi connectivity index (χ0v) is 12.2. The van der Waals surface area contributed by atoms with Gasteiger partial charge in [-0.15, -0.1) is 0 Å². The van der Waals surface area contributed by atoms with Gasteiger partial charge in [0.1, 0.15) is 0 Å². The second-order valence-corrected chi connectivity index (χ2v) is 6.07. The number of aromatic nitrogens is 2. The number of nitrogens with zero attached hydrogens (tertiary/aromatic N) is 1. The van der Waals surface area contributed by atoms with Crippen molar-refractivity contribution in [3.05, 3.63) is 58.5 Å². The fourth-order valence-corrected chi connectivity index (χ4v) is 3.75. The molecule has 2 nitrogen and oxygen atoms in total. The van der Waals surface area contributed by atoms with Gasteiger partial charge in [-0.2, -0.15) is 0 Å². The van der Waals surface area contributed by atoms with Crippen molar-refractivity contribution in [2.24, 2.45) is 0 Å². The monoisotopic (exact) mass is 314 g/mol. The number of aromatic amines is 1. The second kappa shape index (κ2) is 4.27. The van der Waals surface area contributed by atoms with E-state index < -0.39 is 0 Å². The van der Waals surface area contributed by atoms with Gasteiger partial charge in [0.05, 0.1) is 11.6 Å². The second-order valence-electron chi connectivity index (χ2n) is 5.22. The molecule has 4 rings (SSSR count). The smallest absolute Gasteiger partial charge is 0.0732 e. The number of H-pyrrole nitrogens is 1. The number of rotatable bonds is 1. The topological polar surface area (TPSA) is 20.7 Å². The van der Waals surface area contributed by atoms with Crippen LogP contribution in [0.1, 0.15) is 30.1 Å². The van der Waals surface area contributed by atoms with Crippen LogP contribution in [0.15, 0.2) is 47.2 Å². The maximum Gasteiger partial charge on any atom is 0.0732 e. The molecule has 1 N–H and O–H groups in total. The zero-order chi connectivity index (χ0) is 12.8. The third kappa shape index (κ3) is 1.68. The highest BCUT2D eigenvalue weighted by Crippen LogP contribution is 2.38. The Bertz CT molecular complexity index is 725. The molecule has 1 aliphatic rings. The largest absolute Gasteiger partial charge is 0.356 e. The first kappa shape index (κ1) is 11.4. The fraction of sp³-hybridized carbons (Fsp3) is 0.250. The number of aryl methyl sites for hydroxylation is 1. The first-order chi connectivity index (χ1) is 9.34. The van der Waals surface area contributed by atoms with Crippen molar-refractivity contribution >= 4 is 26.8 Å². The van der Waals surface area contributed by atoms with Crippen LogP contribution in [0.4, 0.5) is 0 Å². The lowest BCUT2D eigenvalue weighted by Crippen LogP contribution is -2.15. The van der Waals surface area contributed by atoms with Gasteiger partial charge in [0, 0.05) is 27.9 Å². The Morgan fingerprint density at radius 2 is 2.00 bits per heavy atom. The summed E-state index contributed by atoms with van der Waals surface area (Å²) in [4.78, 5) is 3.65. The van der Waals surface area contributed by atoms with Gasteiger partial charge < -0.3 is 9.55 Å². The van der Waals surface area contributed by atoms with Crippen molar-refractivity contribution in [3.63, 3.8) is 0 Å². The molecule has 3 aromatic rings. The number of hydrogen-bond donors (Lipinski definition) is 1. The summed E-state index contributed by atoms with van der Waals surface area (Å²) in [5.41, 5.74) is 4.14. The molecule has 0 spiro atoms. The van der Waals surface area contributed by atoms with Crippen molar-refractivity contribution in [1.82, 2.24) is 9.55 Å². The van der Waals surface area contributed by atoms with Crippen LogP contribution in [0, 0.1) is 0 Å². The number of fused-ring (bicyclic) bond motifs is 3. The molecule has 1 aliphatic carbocycles. The molecule has 0 aliphatic heterocycles. The van der Waals surface area contributed by atoms with E-state index in [2.05, 4.69) is 68.2 Å². The Balaban J connectivity index is 1.96. The van der Waals surface area contributed by atoms with Crippen LogP contribution in [0.3, 0.4) is 0 Å². The Kier molecular flexibility index (Phi) is 2.55. The number of nitrogens with one attached hydrogen (secondary N) is 1. The summed E-state index contributed by atoms with van der Waals surface area (Å²) in [6, 6.07) is 11.1. The highest BCUT2D eigenvalue weighted by molar-refractivity contribution is 9.10. The van der Waals surface area contributed by atoms with Crippen LogP contribution < -0.4 is 0 Å². The van der Waals surface area contributed by atoms with Crippen molar-refractivity contribution in [2.75, 3.05) is 0 Å². The van der Waals surface area contributed by atoms with E-state index in [1.807, 2.05) is 0 Å². The van der Waals surface area contributed by atoms with Gasteiger partial charge in [0.15, 0.2) is 0 Å². The van der Waals surface area contributed by atoms with Crippen molar-refractivity contribution < 1.29 is 0 Å². The average molecular weight is 315 g/mol. The van der Waals surface area contributed by atoms with Crippen LogP contribution in [0.25, 0.3) is 10.9 Å². The summed E-state index contributed by atoms with van der Waals surface area (Å²) in [6.07, 6.45) is 7.99. The molecule has 0 saturated heterocycles. The number of hydrogen-bond acceptors (Lipinski definition) is 0. The van der Waals surface area contributed by atoms with E-state index in [0.29, 0.717) is 6.04 Å². The highest BCUT2D eigenvalue weighted by Gasteiger charge is 2.25. The van der Waals surface area contributed by atoms with Crippen LogP contribution in [0.5, 0.6) is 0 Å². The summed E-state index contributed by atoms with van der Waals surface area (Å²) >= 11 is 3.65. The maximum absolute atomic E-state index is 3.65. The summed E-state index contributed by atoms with van der Waals surface area (Å²) in [6.45, 7) is 0. The minimum atomic E-state index is 0.457. The van der Waals surface area contributed by atoms with Crippen molar-refractivity contribution in [1.29, 1.82) is 0 Å². The van der Waals surface area contributed by atoms with Crippen molar-refractivity contribution in [2.45, 2.75) is 25.3 Å². The number of para-hydroxylation sites is 1. The first-order valence-corrected chi connectivity index (χ1v) is 7.55. The highest BCUT2D eigenvalue weighted by atomic mass is 79.9. The zero-order valence-electron chi connectivity index (χ0n) is 10.6. The standard InChI is InChI=1S/C16H15BrN2/c17-13-7-3-5-11-12-6-4-8-14(16(12)18-15(11)13)19-9-1-2-10-19/h1-3,5,7,9-10,14,18H,4,6,8H2. The van der Waals surface area contributed by atoms with E-state index in [-0.39, 0.29) is 0 Å². The van der Waals surface area contributed by atoms with E-state index >= 15 is 0 Å². The van der Waals surface area contributed by atoms with Gasteiger partial charge in [-0.05, 0) is 59.0 Å².